The summed E-state index contributed by atoms with van der Waals surface area (Å²) in [4.78, 5) is 11.1. The molecule has 0 aromatic rings. The molecule has 2 unspecified atom stereocenters. The van der Waals surface area contributed by atoms with E-state index in [4.69, 9.17) is 0 Å². The molecule has 0 spiro atoms. The van der Waals surface area contributed by atoms with Crippen molar-refractivity contribution in [3.8, 4) is 0 Å². The van der Waals surface area contributed by atoms with Crippen LogP contribution >= 0.6 is 0 Å². The van der Waals surface area contributed by atoms with Crippen LogP contribution in [0.25, 0.3) is 0 Å². The lowest BCUT2D eigenvalue weighted by Crippen LogP contribution is -2.55. The number of quaternary nitrogens is 1. The van der Waals surface area contributed by atoms with Gasteiger partial charge in [0, 0.05) is 13.3 Å². The number of likely N-dealkylation sites (N-methyl/N-ethyl adjacent to an activating group) is 1. The van der Waals surface area contributed by atoms with Gasteiger partial charge < -0.3 is 10.6 Å². The molecule has 2 N–H and O–H groups in total. The van der Waals surface area contributed by atoms with Crippen molar-refractivity contribution in [1.82, 2.24) is 10.6 Å². The van der Waals surface area contributed by atoms with Gasteiger partial charge >= 0.3 is 0 Å². The van der Waals surface area contributed by atoms with Crippen LogP contribution in [0.4, 0.5) is 0 Å². The molecule has 0 aromatic heterocycles. The second-order valence-corrected chi connectivity index (χ2v) is 7.20. The highest BCUT2D eigenvalue weighted by Gasteiger charge is 2.36. The van der Waals surface area contributed by atoms with Gasteiger partial charge in [-0.15, -0.1) is 0 Å². The predicted molar refractivity (Wildman–Crippen MR) is 107 cm³/mol. The van der Waals surface area contributed by atoms with Crippen LogP contribution in [0.1, 0.15) is 78.6 Å². The Morgan fingerprint density at radius 3 is 2.52 bits per heavy atom. The summed E-state index contributed by atoms with van der Waals surface area (Å²) < 4.78 is 0.948. The molecular weight excluding hydrogens is 310 g/mol. The van der Waals surface area contributed by atoms with E-state index in [1.807, 2.05) is 0 Å². The molecule has 1 aliphatic rings. The van der Waals surface area contributed by atoms with E-state index < -0.39 is 0 Å². The fourth-order valence-corrected chi connectivity index (χ4v) is 3.64. The number of nitrogens with zero attached hydrogens (tertiary/aromatic N) is 1. The number of rotatable bonds is 14. The molecule has 4 nitrogen and oxygen atoms in total. The van der Waals surface area contributed by atoms with Gasteiger partial charge in [0.25, 0.3) is 0 Å². The standard InChI is InChI=1S/C21H39N3O/c1-4-6-7-8-9-10-11-12-13-14-15-21-23-17-19-24(21,5-2)18-16-22-20(3)25/h6-7,17,19,21,23H,4-5,8-16,18H2,1-3H3/p+1/b7-6+. The third-order valence-electron chi connectivity index (χ3n) is 5.27. The van der Waals surface area contributed by atoms with E-state index in [9.17, 15) is 4.79 Å². The highest BCUT2D eigenvalue weighted by atomic mass is 16.1. The zero-order valence-corrected chi connectivity index (χ0v) is 16.7. The predicted octanol–water partition coefficient (Wildman–Crippen LogP) is 4.45. The van der Waals surface area contributed by atoms with Crippen molar-refractivity contribution in [1.29, 1.82) is 0 Å². The molecule has 4 heteroatoms. The van der Waals surface area contributed by atoms with Crippen molar-refractivity contribution < 1.29 is 9.28 Å². The molecule has 1 aliphatic heterocycles. The maximum Gasteiger partial charge on any atom is 0.217 e. The normalized spacial score (nSPS) is 22.4. The van der Waals surface area contributed by atoms with Gasteiger partial charge in [-0.1, -0.05) is 44.8 Å². The lowest BCUT2D eigenvalue weighted by Gasteiger charge is -2.37. The maximum absolute atomic E-state index is 11.1. The second-order valence-electron chi connectivity index (χ2n) is 7.20. The number of unbranched alkanes of at least 4 members (excludes halogenated alkanes) is 6. The van der Waals surface area contributed by atoms with E-state index in [2.05, 4.69) is 49.0 Å². The molecular formula is C21H40N3O+. The van der Waals surface area contributed by atoms with Crippen LogP contribution in [0.2, 0.25) is 0 Å². The molecule has 1 amide bonds. The first kappa shape index (κ1) is 21.8. The first-order valence-corrected chi connectivity index (χ1v) is 10.3. The summed E-state index contributed by atoms with van der Waals surface area (Å²) in [5, 5.41) is 6.48. The maximum atomic E-state index is 11.1. The number of carbonyl (C=O) groups excluding carboxylic acids is 1. The van der Waals surface area contributed by atoms with Gasteiger partial charge in [-0.2, -0.15) is 0 Å². The Kier molecular flexibility index (Phi) is 11.3. The molecule has 25 heavy (non-hydrogen) atoms. The number of carbonyl (C=O) groups is 1. The minimum absolute atomic E-state index is 0.0622. The minimum atomic E-state index is 0.0622. The Bertz CT molecular complexity index is 419. The van der Waals surface area contributed by atoms with Gasteiger partial charge in [0.2, 0.25) is 5.91 Å². The van der Waals surface area contributed by atoms with Gasteiger partial charge in [0.1, 0.15) is 12.7 Å². The van der Waals surface area contributed by atoms with Crippen LogP contribution in [0.15, 0.2) is 24.6 Å². The average Bonchev–Trinajstić information content (AvgIpc) is 2.99. The molecule has 0 aliphatic carbocycles. The quantitative estimate of drug-likeness (QED) is 0.276. The lowest BCUT2D eigenvalue weighted by atomic mass is 10.1. The van der Waals surface area contributed by atoms with Gasteiger partial charge in [-0.05, 0) is 32.6 Å². The van der Waals surface area contributed by atoms with E-state index in [0.29, 0.717) is 6.17 Å². The number of hydrogen-bond donors (Lipinski definition) is 2. The van der Waals surface area contributed by atoms with Crippen LogP contribution in [0.3, 0.4) is 0 Å². The number of nitrogens with one attached hydrogen (secondary N) is 2. The summed E-state index contributed by atoms with van der Waals surface area (Å²) in [7, 11) is 0. The van der Waals surface area contributed by atoms with Crippen LogP contribution in [-0.2, 0) is 4.79 Å². The Balaban J connectivity index is 2.16. The van der Waals surface area contributed by atoms with Crippen molar-refractivity contribution in [3.63, 3.8) is 0 Å². The molecule has 2 atom stereocenters. The molecule has 1 heterocycles. The molecule has 0 saturated carbocycles. The Hall–Kier alpha value is -1.29. The Morgan fingerprint density at radius 2 is 1.84 bits per heavy atom. The third kappa shape index (κ3) is 8.57. The molecule has 144 valence electrons. The molecule has 0 radical (unpaired) electrons. The summed E-state index contributed by atoms with van der Waals surface area (Å²) in [5.74, 6) is 0.0622. The number of amides is 1. The van der Waals surface area contributed by atoms with Crippen LogP contribution in [0.5, 0.6) is 0 Å². The van der Waals surface area contributed by atoms with E-state index in [-0.39, 0.29) is 5.91 Å². The number of allylic oxidation sites excluding steroid dienone is 2. The summed E-state index contributed by atoms with van der Waals surface area (Å²) >= 11 is 0. The number of hydrogen-bond acceptors (Lipinski definition) is 2. The fraction of sp³-hybridized carbons (Fsp3) is 0.762. The minimum Gasteiger partial charge on any atom is -0.351 e. The fourth-order valence-electron chi connectivity index (χ4n) is 3.64. The van der Waals surface area contributed by atoms with Crippen molar-refractivity contribution in [2.45, 2.75) is 84.7 Å². The van der Waals surface area contributed by atoms with Crippen LogP contribution in [0, 0.1) is 0 Å². The first-order valence-electron chi connectivity index (χ1n) is 10.3. The highest BCUT2D eigenvalue weighted by molar-refractivity contribution is 5.72. The zero-order chi connectivity index (χ0) is 18.4. The smallest absolute Gasteiger partial charge is 0.217 e. The molecule has 0 saturated heterocycles. The second kappa shape index (κ2) is 13.0. The van der Waals surface area contributed by atoms with Crippen molar-refractivity contribution >= 4 is 5.91 Å². The van der Waals surface area contributed by atoms with Crippen molar-refractivity contribution in [3.05, 3.63) is 24.6 Å². The Morgan fingerprint density at radius 1 is 1.12 bits per heavy atom. The summed E-state index contributed by atoms with van der Waals surface area (Å²) in [6.07, 6.45) is 21.1. The van der Waals surface area contributed by atoms with Crippen molar-refractivity contribution in [2.24, 2.45) is 0 Å². The van der Waals surface area contributed by atoms with Gasteiger partial charge in [-0.3, -0.25) is 9.28 Å². The zero-order valence-electron chi connectivity index (χ0n) is 16.7. The van der Waals surface area contributed by atoms with Crippen LogP contribution in [-0.4, -0.2) is 36.2 Å². The van der Waals surface area contributed by atoms with E-state index in [1.165, 1.54) is 51.4 Å². The highest BCUT2D eigenvalue weighted by Crippen LogP contribution is 2.22. The lowest BCUT2D eigenvalue weighted by molar-refractivity contribution is -0.898. The van der Waals surface area contributed by atoms with E-state index in [0.717, 1.165) is 30.5 Å². The molecule has 0 bridgehead atoms. The molecule has 1 rings (SSSR count). The SMILES string of the molecule is CC/C=C/CCCCCCCCC1NC=C[N+]1(CC)CCNC(C)=O. The molecule has 0 fully saturated rings. The summed E-state index contributed by atoms with van der Waals surface area (Å²) in [5.41, 5.74) is 0. The van der Waals surface area contributed by atoms with Gasteiger partial charge in [0.15, 0.2) is 6.17 Å². The van der Waals surface area contributed by atoms with Crippen molar-refractivity contribution in [2.75, 3.05) is 19.6 Å². The topological polar surface area (TPSA) is 41.1 Å². The van der Waals surface area contributed by atoms with Gasteiger partial charge in [0.05, 0.1) is 19.3 Å². The average molecular weight is 351 g/mol. The van der Waals surface area contributed by atoms with E-state index in [1.54, 1.807) is 6.92 Å². The first-order chi connectivity index (χ1) is 12.1. The third-order valence-corrected chi connectivity index (χ3v) is 5.27. The monoisotopic (exact) mass is 350 g/mol. The summed E-state index contributed by atoms with van der Waals surface area (Å²) in [6.45, 7) is 8.81. The summed E-state index contributed by atoms with van der Waals surface area (Å²) in [6, 6.07) is 0. The van der Waals surface area contributed by atoms with Gasteiger partial charge in [-0.25, -0.2) is 0 Å². The molecule has 0 aromatic carbocycles. The van der Waals surface area contributed by atoms with Crippen LogP contribution < -0.4 is 10.6 Å². The Labute approximate surface area is 155 Å². The largest absolute Gasteiger partial charge is 0.351 e. The van der Waals surface area contributed by atoms with E-state index >= 15 is 0 Å².